The van der Waals surface area contributed by atoms with Crippen molar-refractivity contribution in [1.82, 2.24) is 29.4 Å². The van der Waals surface area contributed by atoms with Crippen molar-refractivity contribution in [3.8, 4) is 22.4 Å². The van der Waals surface area contributed by atoms with Crippen molar-refractivity contribution in [2.45, 2.75) is 25.4 Å². The Hall–Kier alpha value is -4.27. The molecule has 0 aliphatic carbocycles. The number of pyridine rings is 1. The molecule has 3 aromatic heterocycles. The van der Waals surface area contributed by atoms with Crippen molar-refractivity contribution in [1.29, 1.82) is 0 Å². The molecule has 1 atom stereocenters. The molecule has 4 aromatic rings. The second-order valence-corrected chi connectivity index (χ2v) is 8.45. The summed E-state index contributed by atoms with van der Waals surface area (Å²) in [7, 11) is 1.90. The second-order valence-electron chi connectivity index (χ2n) is 8.45. The molecule has 2 aliphatic rings. The smallest absolute Gasteiger partial charge is 0.255 e. The summed E-state index contributed by atoms with van der Waals surface area (Å²) in [5.74, 6) is -0.874. The number of imidazole rings is 1. The Labute approximate surface area is 188 Å². The van der Waals surface area contributed by atoms with Gasteiger partial charge in [0.1, 0.15) is 6.04 Å². The van der Waals surface area contributed by atoms with E-state index in [0.717, 1.165) is 33.5 Å². The van der Waals surface area contributed by atoms with Gasteiger partial charge in [0.25, 0.3) is 5.91 Å². The monoisotopic (exact) mass is 440 g/mol. The van der Waals surface area contributed by atoms with Crippen LogP contribution in [-0.2, 0) is 23.2 Å². The van der Waals surface area contributed by atoms with E-state index in [1.807, 2.05) is 58.9 Å². The number of carbonyl (C=O) groups excluding carboxylic acids is 3. The highest BCUT2D eigenvalue weighted by atomic mass is 16.2. The van der Waals surface area contributed by atoms with Gasteiger partial charge in [0, 0.05) is 42.9 Å². The Kier molecular flexibility index (Phi) is 4.19. The van der Waals surface area contributed by atoms with Crippen LogP contribution in [0.1, 0.15) is 28.8 Å². The number of imide groups is 1. The number of aromatic nitrogens is 4. The summed E-state index contributed by atoms with van der Waals surface area (Å²) in [5, 5.41) is 6.82. The summed E-state index contributed by atoms with van der Waals surface area (Å²) < 4.78 is 3.80. The Bertz CT molecular complexity index is 1470. The first-order valence-electron chi connectivity index (χ1n) is 10.7. The molecular formula is C24H20N6O3. The van der Waals surface area contributed by atoms with Gasteiger partial charge in [-0.2, -0.15) is 5.10 Å². The largest absolute Gasteiger partial charge is 0.322 e. The standard InChI is InChI=1S/C24H20N6O3/c1-28-22(15-2-4-17-9-25-13-29(17)11-15)19(10-26-28)14-3-5-18-16(8-14)12-30(24(18)33)20-6-7-21(31)27-23(20)32/h2-5,8-11,13,20H,6-7,12H2,1H3,(H,27,31,32)/t20-/m0/s1. The van der Waals surface area contributed by atoms with Crippen molar-refractivity contribution >= 4 is 23.2 Å². The third-order valence-electron chi connectivity index (χ3n) is 6.45. The van der Waals surface area contributed by atoms with Gasteiger partial charge in [-0.15, -0.1) is 0 Å². The van der Waals surface area contributed by atoms with Crippen LogP contribution in [0.3, 0.4) is 0 Å². The molecule has 0 bridgehead atoms. The molecule has 33 heavy (non-hydrogen) atoms. The number of piperidine rings is 1. The maximum absolute atomic E-state index is 13.0. The van der Waals surface area contributed by atoms with E-state index in [2.05, 4.69) is 15.4 Å². The van der Waals surface area contributed by atoms with E-state index < -0.39 is 11.9 Å². The van der Waals surface area contributed by atoms with Crippen molar-refractivity contribution < 1.29 is 14.4 Å². The minimum atomic E-state index is -0.623. The molecule has 2 aliphatic heterocycles. The van der Waals surface area contributed by atoms with Crippen molar-refractivity contribution in [3.63, 3.8) is 0 Å². The predicted molar refractivity (Wildman–Crippen MR) is 119 cm³/mol. The Morgan fingerprint density at radius 2 is 1.88 bits per heavy atom. The van der Waals surface area contributed by atoms with Gasteiger partial charge < -0.3 is 9.30 Å². The number of nitrogens with one attached hydrogen (secondary N) is 1. The maximum atomic E-state index is 13.0. The van der Waals surface area contributed by atoms with Crippen LogP contribution in [0.15, 0.2) is 55.2 Å². The molecule has 164 valence electrons. The van der Waals surface area contributed by atoms with Crippen LogP contribution in [-0.4, -0.2) is 47.8 Å². The Morgan fingerprint density at radius 1 is 1.03 bits per heavy atom. The fraction of sp³-hybridized carbons (Fsp3) is 0.208. The molecule has 9 heteroatoms. The minimum Gasteiger partial charge on any atom is -0.322 e. The first-order valence-corrected chi connectivity index (χ1v) is 10.7. The number of hydrogen-bond donors (Lipinski definition) is 1. The van der Waals surface area contributed by atoms with E-state index in [0.29, 0.717) is 18.5 Å². The number of amides is 3. The average Bonchev–Trinajstić information content (AvgIpc) is 3.50. The number of carbonyl (C=O) groups is 3. The van der Waals surface area contributed by atoms with Crippen LogP contribution < -0.4 is 5.32 Å². The zero-order valence-electron chi connectivity index (χ0n) is 17.9. The highest BCUT2D eigenvalue weighted by Gasteiger charge is 2.39. The van der Waals surface area contributed by atoms with E-state index >= 15 is 0 Å². The van der Waals surface area contributed by atoms with Gasteiger partial charge in [-0.25, -0.2) is 4.98 Å². The van der Waals surface area contributed by atoms with Crippen LogP contribution in [0.5, 0.6) is 0 Å². The van der Waals surface area contributed by atoms with E-state index in [1.165, 1.54) is 0 Å². The molecule has 0 saturated carbocycles. The Morgan fingerprint density at radius 3 is 2.73 bits per heavy atom. The van der Waals surface area contributed by atoms with E-state index in [4.69, 9.17) is 0 Å². The van der Waals surface area contributed by atoms with Gasteiger partial charge in [-0.05, 0) is 41.8 Å². The zero-order chi connectivity index (χ0) is 22.7. The van der Waals surface area contributed by atoms with E-state index in [1.54, 1.807) is 17.4 Å². The molecule has 0 unspecified atom stereocenters. The summed E-state index contributed by atoms with van der Waals surface area (Å²) in [4.78, 5) is 42.6. The van der Waals surface area contributed by atoms with Gasteiger partial charge in [-0.1, -0.05) is 6.07 Å². The Balaban J connectivity index is 1.36. The molecule has 1 N–H and O–H groups in total. The zero-order valence-corrected chi connectivity index (χ0v) is 17.9. The third-order valence-corrected chi connectivity index (χ3v) is 6.45. The molecule has 1 fully saturated rings. The quantitative estimate of drug-likeness (QED) is 0.492. The van der Waals surface area contributed by atoms with Gasteiger partial charge >= 0.3 is 0 Å². The summed E-state index contributed by atoms with van der Waals surface area (Å²) in [6, 6.07) is 9.16. The molecular weight excluding hydrogens is 420 g/mol. The highest BCUT2D eigenvalue weighted by Crippen LogP contribution is 2.35. The van der Waals surface area contributed by atoms with Crippen LogP contribution in [0.2, 0.25) is 0 Å². The maximum Gasteiger partial charge on any atom is 0.255 e. The molecule has 1 saturated heterocycles. The fourth-order valence-electron chi connectivity index (χ4n) is 4.79. The molecule has 0 spiro atoms. The van der Waals surface area contributed by atoms with Crippen LogP contribution >= 0.6 is 0 Å². The van der Waals surface area contributed by atoms with Crippen LogP contribution in [0.4, 0.5) is 0 Å². The van der Waals surface area contributed by atoms with Gasteiger partial charge in [-0.3, -0.25) is 24.4 Å². The lowest BCUT2D eigenvalue weighted by Gasteiger charge is -2.29. The lowest BCUT2D eigenvalue weighted by molar-refractivity contribution is -0.136. The molecule has 6 rings (SSSR count). The number of fused-ring (bicyclic) bond motifs is 2. The van der Waals surface area contributed by atoms with Gasteiger partial charge in [0.2, 0.25) is 11.8 Å². The molecule has 9 nitrogen and oxygen atoms in total. The SMILES string of the molecule is Cn1ncc(-c2ccc3c(c2)CN([C@H]2CCC(=O)NC2=O)C3=O)c1-c1ccc2cncn2c1. The first kappa shape index (κ1) is 19.4. The van der Waals surface area contributed by atoms with Crippen LogP contribution in [0, 0.1) is 0 Å². The van der Waals surface area contributed by atoms with Gasteiger partial charge in [0.15, 0.2) is 0 Å². The number of hydrogen-bond acceptors (Lipinski definition) is 5. The van der Waals surface area contributed by atoms with E-state index in [9.17, 15) is 14.4 Å². The normalized spacial score (nSPS) is 18.2. The topological polar surface area (TPSA) is 102 Å². The van der Waals surface area contributed by atoms with Crippen molar-refractivity contribution in [3.05, 3.63) is 66.4 Å². The molecule has 1 aromatic carbocycles. The first-order chi connectivity index (χ1) is 16.0. The predicted octanol–water partition coefficient (Wildman–Crippen LogP) is 2.16. The van der Waals surface area contributed by atoms with Crippen molar-refractivity contribution in [2.75, 3.05) is 0 Å². The second kappa shape index (κ2) is 7.13. The number of aryl methyl sites for hydroxylation is 1. The fourth-order valence-corrected chi connectivity index (χ4v) is 4.79. The summed E-state index contributed by atoms with van der Waals surface area (Å²) in [5.41, 5.74) is 6.31. The molecule has 0 radical (unpaired) electrons. The number of rotatable bonds is 3. The lowest BCUT2D eigenvalue weighted by Crippen LogP contribution is -2.52. The highest BCUT2D eigenvalue weighted by molar-refractivity contribution is 6.05. The number of nitrogens with zero attached hydrogens (tertiary/aromatic N) is 5. The summed E-state index contributed by atoms with van der Waals surface area (Å²) in [6.07, 6.45) is 8.00. The third kappa shape index (κ3) is 3.04. The van der Waals surface area contributed by atoms with E-state index in [-0.39, 0.29) is 18.2 Å². The minimum absolute atomic E-state index is 0.178. The molecule has 3 amide bonds. The summed E-state index contributed by atoms with van der Waals surface area (Å²) in [6.45, 7) is 0.338. The average molecular weight is 440 g/mol. The summed E-state index contributed by atoms with van der Waals surface area (Å²) >= 11 is 0. The lowest BCUT2D eigenvalue weighted by atomic mass is 9.98. The molecule has 5 heterocycles. The number of benzene rings is 1. The van der Waals surface area contributed by atoms with Crippen molar-refractivity contribution in [2.24, 2.45) is 7.05 Å². The van der Waals surface area contributed by atoms with Crippen LogP contribution in [0.25, 0.3) is 27.9 Å². The van der Waals surface area contributed by atoms with Gasteiger partial charge in [0.05, 0.1) is 29.9 Å².